The second kappa shape index (κ2) is 6.25. The van der Waals surface area contributed by atoms with E-state index in [1.165, 1.54) is 0 Å². The number of nitrogens with one attached hydrogen (secondary N) is 1. The van der Waals surface area contributed by atoms with E-state index in [2.05, 4.69) is 5.32 Å². The lowest BCUT2D eigenvalue weighted by Crippen LogP contribution is -2.25. The number of hydrogen-bond acceptors (Lipinski definition) is 3. The summed E-state index contributed by atoms with van der Waals surface area (Å²) >= 11 is 0. The van der Waals surface area contributed by atoms with Gasteiger partial charge in [-0.1, -0.05) is 6.07 Å². The van der Waals surface area contributed by atoms with Gasteiger partial charge in [-0.2, -0.15) is 0 Å². The molecule has 0 bridgehead atoms. The highest BCUT2D eigenvalue weighted by Gasteiger charge is 2.13. The SMILES string of the molecule is COCCCNC(=O)c1ccc(C)c(C)c1O. The summed E-state index contributed by atoms with van der Waals surface area (Å²) in [4.78, 5) is 11.8. The molecule has 1 aromatic rings. The van der Waals surface area contributed by atoms with Crippen molar-refractivity contribution in [2.45, 2.75) is 20.3 Å². The number of carbonyl (C=O) groups excluding carboxylic acids is 1. The lowest BCUT2D eigenvalue weighted by molar-refractivity contribution is 0.0946. The Balaban J connectivity index is 2.66. The van der Waals surface area contributed by atoms with Crippen LogP contribution in [0.1, 0.15) is 27.9 Å². The number of phenolic OH excluding ortho intramolecular Hbond substituents is 1. The highest BCUT2D eigenvalue weighted by Crippen LogP contribution is 2.24. The van der Waals surface area contributed by atoms with Gasteiger partial charge < -0.3 is 15.2 Å². The van der Waals surface area contributed by atoms with Gasteiger partial charge in [0.25, 0.3) is 5.91 Å². The van der Waals surface area contributed by atoms with E-state index in [0.29, 0.717) is 18.7 Å². The molecular weight excluding hydrogens is 218 g/mol. The molecule has 94 valence electrons. The molecule has 4 nitrogen and oxygen atoms in total. The average molecular weight is 237 g/mol. The topological polar surface area (TPSA) is 58.6 Å². The average Bonchev–Trinajstić information content (AvgIpc) is 2.31. The number of rotatable bonds is 5. The molecule has 0 fully saturated rings. The van der Waals surface area contributed by atoms with Crippen molar-refractivity contribution in [3.05, 3.63) is 28.8 Å². The Labute approximate surface area is 102 Å². The number of aromatic hydroxyl groups is 1. The van der Waals surface area contributed by atoms with Gasteiger partial charge in [0, 0.05) is 20.3 Å². The van der Waals surface area contributed by atoms with Crippen molar-refractivity contribution >= 4 is 5.91 Å². The van der Waals surface area contributed by atoms with Crippen LogP contribution in [0, 0.1) is 13.8 Å². The number of methoxy groups -OCH3 is 1. The van der Waals surface area contributed by atoms with Crippen LogP contribution in [-0.4, -0.2) is 31.3 Å². The zero-order chi connectivity index (χ0) is 12.8. The zero-order valence-corrected chi connectivity index (χ0v) is 10.5. The van der Waals surface area contributed by atoms with Crippen LogP contribution in [0.4, 0.5) is 0 Å². The minimum Gasteiger partial charge on any atom is -0.507 e. The molecular formula is C13H19NO3. The first kappa shape index (κ1) is 13.5. The highest BCUT2D eigenvalue weighted by molar-refractivity contribution is 5.97. The van der Waals surface area contributed by atoms with Crippen LogP contribution in [0.15, 0.2) is 12.1 Å². The number of aryl methyl sites for hydroxylation is 1. The summed E-state index contributed by atoms with van der Waals surface area (Å²) in [6.07, 6.45) is 0.758. The molecule has 1 aromatic carbocycles. The highest BCUT2D eigenvalue weighted by atomic mass is 16.5. The minimum atomic E-state index is -0.248. The van der Waals surface area contributed by atoms with Crippen LogP contribution >= 0.6 is 0 Å². The summed E-state index contributed by atoms with van der Waals surface area (Å²) in [5, 5.41) is 12.6. The first-order chi connectivity index (χ1) is 8.07. The molecule has 2 N–H and O–H groups in total. The van der Waals surface area contributed by atoms with Crippen LogP contribution in [-0.2, 0) is 4.74 Å². The van der Waals surface area contributed by atoms with Crippen molar-refractivity contribution < 1.29 is 14.6 Å². The van der Waals surface area contributed by atoms with Crippen molar-refractivity contribution in [3.8, 4) is 5.75 Å². The molecule has 0 radical (unpaired) electrons. The lowest BCUT2D eigenvalue weighted by Gasteiger charge is -2.10. The Morgan fingerprint density at radius 3 is 2.76 bits per heavy atom. The van der Waals surface area contributed by atoms with E-state index in [9.17, 15) is 9.90 Å². The summed E-state index contributed by atoms with van der Waals surface area (Å²) in [6.45, 7) is 4.85. The third kappa shape index (κ3) is 3.46. The molecule has 0 aliphatic heterocycles. The number of carbonyl (C=O) groups is 1. The molecule has 1 amide bonds. The normalized spacial score (nSPS) is 10.3. The second-order valence-corrected chi connectivity index (χ2v) is 4.01. The van der Waals surface area contributed by atoms with E-state index in [0.717, 1.165) is 17.5 Å². The van der Waals surface area contributed by atoms with Gasteiger partial charge in [-0.25, -0.2) is 0 Å². The first-order valence-corrected chi connectivity index (χ1v) is 5.64. The molecule has 4 heteroatoms. The predicted octanol–water partition coefficient (Wildman–Crippen LogP) is 1.78. The third-order valence-electron chi connectivity index (χ3n) is 2.76. The number of ether oxygens (including phenoxy) is 1. The van der Waals surface area contributed by atoms with Gasteiger partial charge in [-0.05, 0) is 37.5 Å². The van der Waals surface area contributed by atoms with Crippen LogP contribution in [0.25, 0.3) is 0 Å². The number of hydrogen-bond donors (Lipinski definition) is 2. The Hall–Kier alpha value is -1.55. The Morgan fingerprint density at radius 1 is 1.41 bits per heavy atom. The molecule has 0 saturated heterocycles. The number of phenols is 1. The van der Waals surface area contributed by atoms with E-state index in [4.69, 9.17) is 4.74 Å². The summed E-state index contributed by atoms with van der Waals surface area (Å²) in [5.74, 6) is -0.184. The molecule has 0 spiro atoms. The molecule has 1 rings (SSSR count). The van der Waals surface area contributed by atoms with Gasteiger partial charge in [-0.15, -0.1) is 0 Å². The van der Waals surface area contributed by atoms with E-state index < -0.39 is 0 Å². The molecule has 17 heavy (non-hydrogen) atoms. The van der Waals surface area contributed by atoms with Gasteiger partial charge in [0.1, 0.15) is 5.75 Å². The monoisotopic (exact) mass is 237 g/mol. The van der Waals surface area contributed by atoms with Crippen molar-refractivity contribution in [2.24, 2.45) is 0 Å². The van der Waals surface area contributed by atoms with Crippen molar-refractivity contribution in [2.75, 3.05) is 20.3 Å². The predicted molar refractivity (Wildman–Crippen MR) is 66.4 cm³/mol. The zero-order valence-electron chi connectivity index (χ0n) is 10.5. The largest absolute Gasteiger partial charge is 0.507 e. The van der Waals surface area contributed by atoms with Gasteiger partial charge in [0.2, 0.25) is 0 Å². The molecule has 0 saturated carbocycles. The Bertz CT molecular complexity index is 402. The summed E-state index contributed by atoms with van der Waals surface area (Å²) in [7, 11) is 1.62. The standard InChI is InChI=1S/C13H19NO3/c1-9-5-6-11(12(15)10(9)2)13(16)14-7-4-8-17-3/h5-6,15H,4,7-8H2,1-3H3,(H,14,16). The number of amides is 1. The van der Waals surface area contributed by atoms with Gasteiger partial charge in [0.05, 0.1) is 5.56 Å². The van der Waals surface area contributed by atoms with Gasteiger partial charge >= 0.3 is 0 Å². The van der Waals surface area contributed by atoms with Gasteiger partial charge in [0.15, 0.2) is 0 Å². The minimum absolute atomic E-state index is 0.0641. The van der Waals surface area contributed by atoms with E-state index in [1.54, 1.807) is 20.1 Å². The third-order valence-corrected chi connectivity index (χ3v) is 2.76. The fraction of sp³-hybridized carbons (Fsp3) is 0.462. The molecule has 0 aromatic heterocycles. The lowest BCUT2D eigenvalue weighted by atomic mass is 10.0. The molecule has 0 aliphatic carbocycles. The quantitative estimate of drug-likeness (QED) is 0.767. The second-order valence-electron chi connectivity index (χ2n) is 4.01. The summed E-state index contributed by atoms with van der Waals surface area (Å²) in [6, 6.07) is 3.47. The maximum absolute atomic E-state index is 11.8. The van der Waals surface area contributed by atoms with Crippen LogP contribution in [0.3, 0.4) is 0 Å². The van der Waals surface area contributed by atoms with Crippen LogP contribution in [0.2, 0.25) is 0 Å². The summed E-state index contributed by atoms with van der Waals surface area (Å²) in [5.41, 5.74) is 2.04. The molecule has 0 aliphatic rings. The van der Waals surface area contributed by atoms with E-state index in [1.807, 2.05) is 13.0 Å². The van der Waals surface area contributed by atoms with Crippen LogP contribution in [0.5, 0.6) is 5.75 Å². The molecule has 0 unspecified atom stereocenters. The van der Waals surface area contributed by atoms with Crippen molar-refractivity contribution in [1.82, 2.24) is 5.32 Å². The van der Waals surface area contributed by atoms with Crippen molar-refractivity contribution in [3.63, 3.8) is 0 Å². The van der Waals surface area contributed by atoms with Gasteiger partial charge in [-0.3, -0.25) is 4.79 Å². The fourth-order valence-corrected chi connectivity index (χ4v) is 1.50. The van der Waals surface area contributed by atoms with E-state index >= 15 is 0 Å². The number of benzene rings is 1. The van der Waals surface area contributed by atoms with Crippen LogP contribution < -0.4 is 5.32 Å². The molecule has 0 heterocycles. The Morgan fingerprint density at radius 2 is 2.12 bits per heavy atom. The van der Waals surface area contributed by atoms with Crippen molar-refractivity contribution in [1.29, 1.82) is 0 Å². The summed E-state index contributed by atoms with van der Waals surface area (Å²) < 4.78 is 4.89. The van der Waals surface area contributed by atoms with E-state index in [-0.39, 0.29) is 11.7 Å². The Kier molecular flexibility index (Phi) is 4.97. The maximum atomic E-state index is 11.8. The first-order valence-electron chi connectivity index (χ1n) is 5.64. The fourth-order valence-electron chi connectivity index (χ4n) is 1.50. The molecule has 0 atom stereocenters. The maximum Gasteiger partial charge on any atom is 0.255 e. The smallest absolute Gasteiger partial charge is 0.255 e.